The zero-order chi connectivity index (χ0) is 7.78. The summed E-state index contributed by atoms with van der Waals surface area (Å²) in [6.45, 7) is 1.83. The van der Waals surface area contributed by atoms with Crippen LogP contribution in [0.4, 0.5) is 0 Å². The van der Waals surface area contributed by atoms with Crippen molar-refractivity contribution >= 4 is 18.4 Å². The van der Waals surface area contributed by atoms with Crippen LogP contribution >= 0.6 is 12.4 Å². The number of carboxylic acid groups (broad SMARTS) is 1. The van der Waals surface area contributed by atoms with Crippen LogP contribution in [0.1, 0.15) is 13.3 Å². The molecule has 0 aromatic carbocycles. The molecular weight excluding hydrogens is 166 g/mol. The molecule has 1 aliphatic carbocycles. The monoisotopic (exact) mass is 177 g/mol. The predicted octanol–water partition coefficient (Wildman–Crippen LogP) is 0.786. The molecule has 64 valence electrons. The van der Waals surface area contributed by atoms with Crippen molar-refractivity contribution in [2.24, 2.45) is 11.7 Å². The van der Waals surface area contributed by atoms with Gasteiger partial charge in [-0.3, -0.25) is 4.79 Å². The van der Waals surface area contributed by atoms with Crippen LogP contribution in [0.25, 0.3) is 0 Å². The predicted molar refractivity (Wildman–Crippen MR) is 44.7 cm³/mol. The molecule has 0 saturated carbocycles. The molecule has 0 unspecified atom stereocenters. The molecular formula is C7H12ClNO2. The minimum absolute atomic E-state index is 0. The fourth-order valence-electron chi connectivity index (χ4n) is 1.12. The molecule has 1 rings (SSSR count). The van der Waals surface area contributed by atoms with Crippen LogP contribution in [-0.4, -0.2) is 16.6 Å². The van der Waals surface area contributed by atoms with Crippen molar-refractivity contribution in [2.45, 2.75) is 18.9 Å². The highest BCUT2D eigenvalue weighted by Crippen LogP contribution is 2.24. The first-order valence-electron chi connectivity index (χ1n) is 3.22. The van der Waals surface area contributed by atoms with Gasteiger partial charge >= 0.3 is 5.97 Å². The van der Waals surface area contributed by atoms with Gasteiger partial charge in [-0.2, -0.15) is 0 Å². The van der Waals surface area contributed by atoms with Gasteiger partial charge in [0.1, 0.15) is 0 Å². The van der Waals surface area contributed by atoms with Gasteiger partial charge in [-0.1, -0.05) is 12.2 Å². The lowest BCUT2D eigenvalue weighted by atomic mass is 9.99. The lowest BCUT2D eigenvalue weighted by Crippen LogP contribution is -2.32. The second kappa shape index (κ2) is 3.24. The second-order valence-electron chi connectivity index (χ2n) is 3.01. The van der Waals surface area contributed by atoms with Gasteiger partial charge < -0.3 is 10.8 Å². The van der Waals surface area contributed by atoms with E-state index in [0.29, 0.717) is 6.42 Å². The molecule has 0 aromatic heterocycles. The van der Waals surface area contributed by atoms with Crippen molar-refractivity contribution in [1.29, 1.82) is 0 Å². The van der Waals surface area contributed by atoms with Crippen LogP contribution in [0.3, 0.4) is 0 Å². The first kappa shape index (κ1) is 10.5. The smallest absolute Gasteiger partial charge is 0.310 e. The Kier molecular flexibility index (Phi) is 3.08. The van der Waals surface area contributed by atoms with Gasteiger partial charge in [0.25, 0.3) is 0 Å². The highest BCUT2D eigenvalue weighted by atomic mass is 35.5. The molecule has 11 heavy (non-hydrogen) atoms. The molecule has 3 N–H and O–H groups in total. The molecule has 0 fully saturated rings. The van der Waals surface area contributed by atoms with Crippen LogP contribution in [0.15, 0.2) is 12.2 Å². The third-order valence-electron chi connectivity index (χ3n) is 1.69. The Labute approximate surface area is 71.7 Å². The number of rotatable bonds is 1. The van der Waals surface area contributed by atoms with Crippen LogP contribution in [0.5, 0.6) is 0 Å². The van der Waals surface area contributed by atoms with E-state index in [9.17, 15) is 4.79 Å². The summed E-state index contributed by atoms with van der Waals surface area (Å²) in [6, 6.07) is 0. The van der Waals surface area contributed by atoms with E-state index in [0.717, 1.165) is 0 Å². The van der Waals surface area contributed by atoms with Gasteiger partial charge in [-0.25, -0.2) is 0 Å². The highest BCUT2D eigenvalue weighted by molar-refractivity contribution is 5.85. The van der Waals surface area contributed by atoms with Crippen molar-refractivity contribution < 1.29 is 9.90 Å². The topological polar surface area (TPSA) is 63.3 Å². The average Bonchev–Trinajstić information content (AvgIpc) is 2.10. The van der Waals surface area contributed by atoms with E-state index in [1.165, 1.54) is 0 Å². The Hall–Kier alpha value is -0.540. The third-order valence-corrected chi connectivity index (χ3v) is 1.69. The van der Waals surface area contributed by atoms with E-state index in [1.54, 1.807) is 12.2 Å². The number of halogens is 1. The van der Waals surface area contributed by atoms with Gasteiger partial charge in [-0.05, 0) is 13.3 Å². The minimum atomic E-state index is -0.787. The molecule has 0 heterocycles. The summed E-state index contributed by atoms with van der Waals surface area (Å²) in [7, 11) is 0. The summed E-state index contributed by atoms with van der Waals surface area (Å²) in [5.41, 5.74) is 5.24. The number of hydrogen-bond donors (Lipinski definition) is 2. The molecule has 0 bridgehead atoms. The number of carboxylic acids is 1. The van der Waals surface area contributed by atoms with Gasteiger partial charge in [0, 0.05) is 5.54 Å². The first-order valence-corrected chi connectivity index (χ1v) is 3.22. The Morgan fingerprint density at radius 1 is 1.82 bits per heavy atom. The lowest BCUT2D eigenvalue weighted by Gasteiger charge is -2.14. The van der Waals surface area contributed by atoms with Crippen LogP contribution < -0.4 is 5.73 Å². The molecule has 4 heteroatoms. The van der Waals surface area contributed by atoms with Gasteiger partial charge in [0.05, 0.1) is 5.92 Å². The van der Waals surface area contributed by atoms with Crippen LogP contribution in [-0.2, 0) is 4.79 Å². The molecule has 3 nitrogen and oxygen atoms in total. The normalized spacial score (nSPS) is 34.9. The number of nitrogens with two attached hydrogens (primary N) is 1. The molecule has 2 atom stereocenters. The first-order chi connectivity index (χ1) is 4.51. The molecule has 0 spiro atoms. The third kappa shape index (κ3) is 2.52. The van der Waals surface area contributed by atoms with E-state index in [1.807, 2.05) is 6.92 Å². The zero-order valence-corrected chi connectivity index (χ0v) is 7.10. The maximum atomic E-state index is 10.4. The summed E-state index contributed by atoms with van der Waals surface area (Å²) in [4.78, 5) is 10.4. The van der Waals surface area contributed by atoms with E-state index in [-0.39, 0.29) is 18.3 Å². The van der Waals surface area contributed by atoms with E-state index < -0.39 is 11.5 Å². The standard InChI is InChI=1S/C7H11NO2.ClH/c1-7(8)3-2-5(4-7)6(9)10;/h2-3,5H,4,8H2,1H3,(H,9,10);1H/t5-,7+;/m1./s1. The van der Waals surface area contributed by atoms with E-state index in [2.05, 4.69) is 0 Å². The number of aliphatic carboxylic acids is 1. The molecule has 0 amide bonds. The maximum Gasteiger partial charge on any atom is 0.310 e. The minimum Gasteiger partial charge on any atom is -0.481 e. The summed E-state index contributed by atoms with van der Waals surface area (Å²) >= 11 is 0. The molecule has 0 aliphatic heterocycles. The Morgan fingerprint density at radius 3 is 2.55 bits per heavy atom. The quantitative estimate of drug-likeness (QED) is 0.582. The van der Waals surface area contributed by atoms with Gasteiger partial charge in [-0.15, -0.1) is 12.4 Å². The van der Waals surface area contributed by atoms with Crippen molar-refractivity contribution in [3.8, 4) is 0 Å². The fraction of sp³-hybridized carbons (Fsp3) is 0.571. The largest absolute Gasteiger partial charge is 0.481 e. The number of carbonyl (C=O) groups is 1. The Bertz CT molecular complexity index is 189. The molecule has 1 aliphatic rings. The molecule has 0 aromatic rings. The average molecular weight is 178 g/mol. The van der Waals surface area contributed by atoms with Gasteiger partial charge in [0.2, 0.25) is 0 Å². The van der Waals surface area contributed by atoms with Crippen molar-refractivity contribution in [2.75, 3.05) is 0 Å². The van der Waals surface area contributed by atoms with Crippen LogP contribution in [0.2, 0.25) is 0 Å². The summed E-state index contributed by atoms with van der Waals surface area (Å²) in [5.74, 6) is -1.17. The van der Waals surface area contributed by atoms with E-state index in [4.69, 9.17) is 10.8 Å². The second-order valence-corrected chi connectivity index (χ2v) is 3.01. The highest BCUT2D eigenvalue weighted by Gasteiger charge is 2.29. The Morgan fingerprint density at radius 2 is 2.36 bits per heavy atom. The van der Waals surface area contributed by atoms with Crippen molar-refractivity contribution in [3.63, 3.8) is 0 Å². The lowest BCUT2D eigenvalue weighted by molar-refractivity contribution is -0.140. The SMILES string of the molecule is C[C@]1(N)C=C[C@@H](C(=O)O)C1.Cl. The van der Waals surface area contributed by atoms with Gasteiger partial charge in [0.15, 0.2) is 0 Å². The van der Waals surface area contributed by atoms with Crippen molar-refractivity contribution in [3.05, 3.63) is 12.2 Å². The van der Waals surface area contributed by atoms with Crippen LogP contribution in [0, 0.1) is 5.92 Å². The fourth-order valence-corrected chi connectivity index (χ4v) is 1.12. The molecule has 0 saturated heterocycles. The van der Waals surface area contributed by atoms with Crippen molar-refractivity contribution in [1.82, 2.24) is 0 Å². The Balaban J connectivity index is 0.000001000. The maximum absolute atomic E-state index is 10.4. The summed E-state index contributed by atoms with van der Waals surface area (Å²) < 4.78 is 0. The summed E-state index contributed by atoms with van der Waals surface area (Å²) in [6.07, 6.45) is 3.93. The van der Waals surface area contributed by atoms with E-state index >= 15 is 0 Å². The zero-order valence-electron chi connectivity index (χ0n) is 6.28. The summed E-state index contributed by atoms with van der Waals surface area (Å²) in [5, 5.41) is 8.54. The molecule has 0 radical (unpaired) electrons. The number of hydrogen-bond acceptors (Lipinski definition) is 2.